The quantitative estimate of drug-likeness (QED) is 0.643. The number of carbonyl (C=O) groups is 1. The maximum atomic E-state index is 11.5. The van der Waals surface area contributed by atoms with E-state index in [9.17, 15) is 4.79 Å². The van der Waals surface area contributed by atoms with Crippen LogP contribution in [0.15, 0.2) is 18.2 Å². The van der Waals surface area contributed by atoms with Crippen molar-refractivity contribution in [3.63, 3.8) is 0 Å². The number of aliphatic hydroxyl groups is 1. The van der Waals surface area contributed by atoms with Gasteiger partial charge in [0.1, 0.15) is 0 Å². The van der Waals surface area contributed by atoms with Crippen molar-refractivity contribution in [2.75, 3.05) is 0 Å². The highest BCUT2D eigenvalue weighted by molar-refractivity contribution is 6.34. The molecular formula is C10H10Cl2O2. The van der Waals surface area contributed by atoms with Gasteiger partial charge in [0, 0.05) is 10.6 Å². The SMILES string of the molecule is CC(Cl)C(=O)c1ccc(Cl)cc1CO. The molecule has 0 radical (unpaired) electrons. The normalized spacial score (nSPS) is 12.6. The lowest BCUT2D eigenvalue weighted by Crippen LogP contribution is -2.13. The Morgan fingerprint density at radius 2 is 2.21 bits per heavy atom. The van der Waals surface area contributed by atoms with Crippen molar-refractivity contribution in [2.24, 2.45) is 0 Å². The molecule has 0 aromatic heterocycles. The Balaban J connectivity index is 3.14. The molecule has 0 heterocycles. The molecule has 1 unspecified atom stereocenters. The number of ketones is 1. The number of aliphatic hydroxyl groups excluding tert-OH is 1. The Hall–Kier alpha value is -0.570. The molecule has 0 spiro atoms. The highest BCUT2D eigenvalue weighted by Gasteiger charge is 2.15. The third kappa shape index (κ3) is 2.47. The third-order valence-corrected chi connectivity index (χ3v) is 2.30. The van der Waals surface area contributed by atoms with Gasteiger partial charge >= 0.3 is 0 Å². The van der Waals surface area contributed by atoms with Crippen LogP contribution in [0.25, 0.3) is 0 Å². The van der Waals surface area contributed by atoms with Crippen LogP contribution >= 0.6 is 23.2 Å². The van der Waals surface area contributed by atoms with Crippen molar-refractivity contribution in [1.82, 2.24) is 0 Å². The summed E-state index contributed by atoms with van der Waals surface area (Å²) in [5.41, 5.74) is 0.939. The molecule has 76 valence electrons. The van der Waals surface area contributed by atoms with Crippen molar-refractivity contribution >= 4 is 29.0 Å². The summed E-state index contributed by atoms with van der Waals surface area (Å²) >= 11 is 11.4. The first-order valence-electron chi connectivity index (χ1n) is 4.14. The Morgan fingerprint density at radius 1 is 1.57 bits per heavy atom. The number of hydrogen-bond donors (Lipinski definition) is 1. The zero-order chi connectivity index (χ0) is 10.7. The number of halogens is 2. The molecule has 4 heteroatoms. The van der Waals surface area contributed by atoms with E-state index in [1.807, 2.05) is 0 Å². The van der Waals surface area contributed by atoms with Gasteiger partial charge in [0.05, 0.1) is 12.0 Å². The predicted octanol–water partition coefficient (Wildman–Crippen LogP) is 2.64. The van der Waals surface area contributed by atoms with Crippen molar-refractivity contribution in [3.8, 4) is 0 Å². The molecule has 1 N–H and O–H groups in total. The van der Waals surface area contributed by atoms with Crippen LogP contribution in [-0.4, -0.2) is 16.3 Å². The summed E-state index contributed by atoms with van der Waals surface area (Å²) in [7, 11) is 0. The molecule has 1 rings (SSSR count). The second kappa shape index (κ2) is 4.78. The van der Waals surface area contributed by atoms with Gasteiger partial charge in [-0.15, -0.1) is 11.6 Å². The molecule has 0 saturated carbocycles. The van der Waals surface area contributed by atoms with Gasteiger partial charge in [-0.3, -0.25) is 4.79 Å². The molecule has 1 aromatic rings. The van der Waals surface area contributed by atoms with Crippen molar-refractivity contribution in [2.45, 2.75) is 18.9 Å². The minimum absolute atomic E-state index is 0.201. The fourth-order valence-corrected chi connectivity index (χ4v) is 1.46. The summed E-state index contributed by atoms with van der Waals surface area (Å²) in [5.74, 6) is -0.201. The molecular weight excluding hydrogens is 223 g/mol. The van der Waals surface area contributed by atoms with E-state index < -0.39 is 5.38 Å². The van der Waals surface area contributed by atoms with E-state index in [4.69, 9.17) is 28.3 Å². The van der Waals surface area contributed by atoms with Gasteiger partial charge in [0.15, 0.2) is 5.78 Å². The second-order valence-corrected chi connectivity index (χ2v) is 4.03. The van der Waals surface area contributed by atoms with Crippen LogP contribution in [0.2, 0.25) is 5.02 Å². The molecule has 14 heavy (non-hydrogen) atoms. The molecule has 0 amide bonds. The number of rotatable bonds is 3. The molecule has 1 aromatic carbocycles. The highest BCUT2D eigenvalue weighted by atomic mass is 35.5. The van der Waals surface area contributed by atoms with Crippen LogP contribution in [0.1, 0.15) is 22.8 Å². The monoisotopic (exact) mass is 232 g/mol. The minimum Gasteiger partial charge on any atom is -0.392 e. The largest absolute Gasteiger partial charge is 0.392 e. The molecule has 2 nitrogen and oxygen atoms in total. The summed E-state index contributed by atoms with van der Waals surface area (Å²) in [6.45, 7) is 1.38. The second-order valence-electron chi connectivity index (χ2n) is 2.94. The van der Waals surface area contributed by atoms with E-state index in [0.717, 1.165) is 0 Å². The van der Waals surface area contributed by atoms with E-state index in [0.29, 0.717) is 16.1 Å². The number of alkyl halides is 1. The summed E-state index contributed by atoms with van der Waals surface area (Å²) in [5, 5.41) is 8.92. The third-order valence-electron chi connectivity index (χ3n) is 1.86. The molecule has 0 aliphatic rings. The standard InChI is InChI=1S/C10H10Cl2O2/c1-6(11)10(14)9-3-2-8(12)4-7(9)5-13/h2-4,6,13H,5H2,1H3. The van der Waals surface area contributed by atoms with Gasteiger partial charge in [-0.2, -0.15) is 0 Å². The van der Waals surface area contributed by atoms with E-state index >= 15 is 0 Å². The lowest BCUT2D eigenvalue weighted by atomic mass is 10.0. The average Bonchev–Trinajstić information content (AvgIpc) is 2.16. The van der Waals surface area contributed by atoms with Gasteiger partial charge in [-0.25, -0.2) is 0 Å². The first-order chi connectivity index (χ1) is 6.56. The molecule has 0 bridgehead atoms. The minimum atomic E-state index is -0.596. The first-order valence-corrected chi connectivity index (χ1v) is 4.95. The van der Waals surface area contributed by atoms with E-state index in [2.05, 4.69) is 0 Å². The Bertz CT molecular complexity index is 348. The highest BCUT2D eigenvalue weighted by Crippen LogP contribution is 2.18. The van der Waals surface area contributed by atoms with Crippen LogP contribution in [-0.2, 0) is 6.61 Å². The van der Waals surface area contributed by atoms with E-state index in [-0.39, 0.29) is 12.4 Å². The fourth-order valence-electron chi connectivity index (χ4n) is 1.15. The predicted molar refractivity (Wildman–Crippen MR) is 57.0 cm³/mol. The topological polar surface area (TPSA) is 37.3 Å². The van der Waals surface area contributed by atoms with Gasteiger partial charge < -0.3 is 5.11 Å². The van der Waals surface area contributed by atoms with Crippen molar-refractivity contribution < 1.29 is 9.90 Å². The number of Topliss-reactive ketones (excluding diaryl/α,β-unsaturated/α-hetero) is 1. The zero-order valence-electron chi connectivity index (χ0n) is 7.63. The first kappa shape index (κ1) is 11.5. The maximum absolute atomic E-state index is 11.5. The van der Waals surface area contributed by atoms with Crippen molar-refractivity contribution in [3.05, 3.63) is 34.3 Å². The smallest absolute Gasteiger partial charge is 0.180 e. The van der Waals surface area contributed by atoms with Crippen LogP contribution in [0, 0.1) is 0 Å². The molecule has 1 atom stereocenters. The lowest BCUT2D eigenvalue weighted by Gasteiger charge is -2.07. The Morgan fingerprint density at radius 3 is 2.71 bits per heavy atom. The van der Waals surface area contributed by atoms with Crippen LogP contribution < -0.4 is 0 Å². The average molecular weight is 233 g/mol. The van der Waals surface area contributed by atoms with Gasteiger partial charge in [-0.1, -0.05) is 11.6 Å². The fraction of sp³-hybridized carbons (Fsp3) is 0.300. The van der Waals surface area contributed by atoms with Gasteiger partial charge in [0.2, 0.25) is 0 Å². The van der Waals surface area contributed by atoms with Crippen LogP contribution in [0.3, 0.4) is 0 Å². The lowest BCUT2D eigenvalue weighted by molar-refractivity contribution is 0.0989. The number of carbonyl (C=O) groups excluding carboxylic acids is 1. The molecule has 0 aliphatic carbocycles. The molecule has 0 aliphatic heterocycles. The summed E-state index contributed by atoms with van der Waals surface area (Å²) in [4.78, 5) is 11.5. The van der Waals surface area contributed by atoms with Crippen LogP contribution in [0.4, 0.5) is 0 Å². The van der Waals surface area contributed by atoms with E-state index in [1.165, 1.54) is 0 Å². The van der Waals surface area contributed by atoms with Gasteiger partial charge in [0.25, 0.3) is 0 Å². The van der Waals surface area contributed by atoms with Gasteiger partial charge in [-0.05, 0) is 30.7 Å². The summed E-state index contributed by atoms with van der Waals surface area (Å²) in [6, 6.07) is 4.75. The zero-order valence-corrected chi connectivity index (χ0v) is 9.14. The Labute approximate surface area is 92.5 Å². The van der Waals surface area contributed by atoms with Crippen LogP contribution in [0.5, 0.6) is 0 Å². The maximum Gasteiger partial charge on any atom is 0.180 e. The molecule has 0 fully saturated rings. The summed E-state index contributed by atoms with van der Waals surface area (Å²) in [6.07, 6.45) is 0. The van der Waals surface area contributed by atoms with E-state index in [1.54, 1.807) is 25.1 Å². The number of benzene rings is 1. The van der Waals surface area contributed by atoms with Crippen molar-refractivity contribution in [1.29, 1.82) is 0 Å². The Kier molecular flexibility index (Phi) is 3.93. The molecule has 0 saturated heterocycles. The number of hydrogen-bond acceptors (Lipinski definition) is 2. The summed E-state index contributed by atoms with van der Waals surface area (Å²) < 4.78 is 0.